The summed E-state index contributed by atoms with van der Waals surface area (Å²) in [4.78, 5) is 18.5. The number of methoxy groups -OCH3 is 1. The van der Waals surface area contributed by atoms with Crippen LogP contribution in [0.4, 0.5) is 11.4 Å². The normalized spacial score (nSPS) is 23.5. The highest BCUT2D eigenvalue weighted by Gasteiger charge is 2.40. The van der Waals surface area contributed by atoms with E-state index in [4.69, 9.17) is 15.5 Å². The molecule has 3 aliphatic rings. The van der Waals surface area contributed by atoms with Gasteiger partial charge in [0.05, 0.1) is 30.7 Å². The zero-order valence-corrected chi connectivity index (χ0v) is 23.4. The Morgan fingerprint density at radius 2 is 2.00 bits per heavy atom. The van der Waals surface area contributed by atoms with Crippen LogP contribution in [0.1, 0.15) is 61.8 Å². The van der Waals surface area contributed by atoms with Crippen LogP contribution in [0.25, 0.3) is 11.0 Å². The molecule has 2 aliphatic heterocycles. The molecule has 2 aromatic heterocycles. The second kappa shape index (κ2) is 9.11. The van der Waals surface area contributed by atoms with Crippen LogP contribution in [0.2, 0.25) is 0 Å². The second-order valence-electron chi connectivity index (χ2n) is 12.0. The average Bonchev–Trinajstić information content (AvgIpc) is 3.53. The van der Waals surface area contributed by atoms with Crippen molar-refractivity contribution in [2.75, 3.05) is 37.9 Å². The molecule has 1 saturated heterocycles. The van der Waals surface area contributed by atoms with Crippen molar-refractivity contribution in [3.63, 3.8) is 0 Å². The Balaban J connectivity index is 1.39. The molecule has 10 nitrogen and oxygen atoms in total. The number of aliphatic hydroxyl groups is 1. The van der Waals surface area contributed by atoms with Gasteiger partial charge in [0.2, 0.25) is 0 Å². The van der Waals surface area contributed by atoms with Gasteiger partial charge < -0.3 is 30.8 Å². The van der Waals surface area contributed by atoms with Gasteiger partial charge in [0.25, 0.3) is 5.91 Å². The number of carbonyl (C=O) groups is 1. The van der Waals surface area contributed by atoms with Crippen LogP contribution in [0.5, 0.6) is 5.75 Å². The van der Waals surface area contributed by atoms with Gasteiger partial charge in [-0.25, -0.2) is 9.99 Å². The number of rotatable bonds is 6. The molecule has 1 aliphatic carbocycles. The minimum Gasteiger partial charge on any atom is -0.494 e. The summed E-state index contributed by atoms with van der Waals surface area (Å²) in [7, 11) is 3.54. The molecular weight excluding hydrogens is 494 g/mol. The number of ether oxygens (including phenoxy) is 1. The molecule has 0 radical (unpaired) electrons. The summed E-state index contributed by atoms with van der Waals surface area (Å²) in [6.07, 6.45) is 3.27. The van der Waals surface area contributed by atoms with Gasteiger partial charge in [-0.05, 0) is 76.3 Å². The summed E-state index contributed by atoms with van der Waals surface area (Å²) in [5.41, 5.74) is 9.18. The van der Waals surface area contributed by atoms with E-state index in [0.29, 0.717) is 29.5 Å². The molecule has 6 rings (SSSR count). The molecule has 39 heavy (non-hydrogen) atoms. The summed E-state index contributed by atoms with van der Waals surface area (Å²) in [5.74, 6) is 1.12. The van der Waals surface area contributed by atoms with Crippen LogP contribution in [0.15, 0.2) is 30.3 Å². The van der Waals surface area contributed by atoms with Crippen LogP contribution in [-0.2, 0) is 17.8 Å². The molecule has 1 unspecified atom stereocenters. The van der Waals surface area contributed by atoms with Crippen molar-refractivity contribution in [1.82, 2.24) is 19.6 Å². The molecule has 0 bridgehead atoms. The van der Waals surface area contributed by atoms with E-state index in [9.17, 15) is 9.90 Å². The molecule has 3 aromatic rings. The Bertz CT molecular complexity index is 1440. The first-order valence-corrected chi connectivity index (χ1v) is 13.8. The highest BCUT2D eigenvalue weighted by molar-refractivity contribution is 5.98. The van der Waals surface area contributed by atoms with Gasteiger partial charge in [-0.1, -0.05) is 0 Å². The minimum atomic E-state index is -1.03. The number of hydrogen-bond acceptors (Lipinski definition) is 8. The maximum absolute atomic E-state index is 13.6. The van der Waals surface area contributed by atoms with Gasteiger partial charge in [0.1, 0.15) is 28.3 Å². The molecule has 208 valence electrons. The fourth-order valence-electron chi connectivity index (χ4n) is 5.75. The van der Waals surface area contributed by atoms with E-state index in [1.165, 1.54) is 12.8 Å². The predicted molar refractivity (Wildman–Crippen MR) is 152 cm³/mol. The number of pyridine rings is 1. The lowest BCUT2D eigenvalue weighted by molar-refractivity contribution is -0.0168. The fraction of sp³-hybridized carbons (Fsp3) is 0.517. The van der Waals surface area contributed by atoms with E-state index in [2.05, 4.69) is 28.2 Å². The smallest absolute Gasteiger partial charge is 0.268 e. The fourth-order valence-corrected chi connectivity index (χ4v) is 5.75. The molecule has 1 amide bonds. The molecule has 1 saturated carbocycles. The van der Waals surface area contributed by atoms with E-state index in [1.54, 1.807) is 32.0 Å². The van der Waals surface area contributed by atoms with Crippen LogP contribution >= 0.6 is 0 Å². The van der Waals surface area contributed by atoms with Crippen molar-refractivity contribution >= 4 is 28.3 Å². The number of aromatic nitrogens is 2. The van der Waals surface area contributed by atoms with Gasteiger partial charge in [0, 0.05) is 37.1 Å². The summed E-state index contributed by atoms with van der Waals surface area (Å²) >= 11 is 0. The summed E-state index contributed by atoms with van der Waals surface area (Å²) in [6, 6.07) is 9.74. The van der Waals surface area contributed by atoms with Crippen LogP contribution in [-0.4, -0.2) is 63.9 Å². The van der Waals surface area contributed by atoms with Gasteiger partial charge in [-0.15, -0.1) is 0 Å². The molecule has 4 heterocycles. The lowest BCUT2D eigenvalue weighted by Gasteiger charge is -2.38. The standard InChI is InChI=1S/C29H39N7O3/c1-28(2,38)23-9-8-18-14-24(35(26(18)31-23)15-17-6-7-17)29(3)32-21-12-19(13-22(39-5)25(21)33-29)27(37)36-16-20(30)10-11-34(36)4/h8-9,12-14,17,20,32-33,38H,6-7,10-11,15-16,30H2,1-5H3/t20?,29-/m1/s1. The largest absolute Gasteiger partial charge is 0.494 e. The van der Waals surface area contributed by atoms with Crippen molar-refractivity contribution < 1.29 is 14.6 Å². The number of hydrazine groups is 1. The number of anilines is 2. The van der Waals surface area contributed by atoms with Crippen molar-refractivity contribution in [2.45, 2.75) is 63.9 Å². The van der Waals surface area contributed by atoms with Crippen molar-refractivity contribution in [2.24, 2.45) is 11.7 Å². The molecule has 1 aromatic carbocycles. The van der Waals surface area contributed by atoms with Crippen molar-refractivity contribution in [3.8, 4) is 5.75 Å². The van der Waals surface area contributed by atoms with Crippen LogP contribution in [0.3, 0.4) is 0 Å². The molecule has 0 spiro atoms. The molecule has 10 heteroatoms. The lowest BCUT2D eigenvalue weighted by Crippen LogP contribution is -2.55. The topological polar surface area (TPSA) is 121 Å². The zero-order chi connectivity index (χ0) is 27.7. The number of amides is 1. The SMILES string of the molecule is COc1cc(C(=O)N2CC(N)CCN2C)cc2c1N[C@](C)(c1cc3ccc(C(C)(C)O)nc3n1CC1CC1)N2. The number of benzene rings is 1. The quantitative estimate of drug-likeness (QED) is 0.381. The first-order valence-electron chi connectivity index (χ1n) is 13.8. The Kier molecular flexibility index (Phi) is 6.05. The Morgan fingerprint density at radius 1 is 1.23 bits per heavy atom. The van der Waals surface area contributed by atoms with Gasteiger partial charge in [0.15, 0.2) is 0 Å². The Morgan fingerprint density at radius 3 is 2.69 bits per heavy atom. The van der Waals surface area contributed by atoms with E-state index in [-0.39, 0.29) is 11.9 Å². The molecular formula is C29H39N7O3. The third-order valence-electron chi connectivity index (χ3n) is 8.23. The number of nitrogens with zero attached hydrogens (tertiary/aromatic N) is 4. The number of fused-ring (bicyclic) bond motifs is 2. The third kappa shape index (κ3) is 4.60. The van der Waals surface area contributed by atoms with Gasteiger partial charge >= 0.3 is 0 Å². The molecule has 2 atom stereocenters. The van der Waals surface area contributed by atoms with Crippen molar-refractivity contribution in [1.29, 1.82) is 0 Å². The van der Waals surface area contributed by atoms with Gasteiger partial charge in [-0.2, -0.15) is 0 Å². The monoisotopic (exact) mass is 533 g/mol. The molecule has 2 fully saturated rings. The van der Waals surface area contributed by atoms with Crippen molar-refractivity contribution in [3.05, 3.63) is 47.3 Å². The number of nitrogens with two attached hydrogens (primary N) is 1. The predicted octanol–water partition coefficient (Wildman–Crippen LogP) is 3.41. The van der Waals surface area contributed by atoms with Gasteiger partial charge in [-0.3, -0.25) is 9.80 Å². The first kappa shape index (κ1) is 25.9. The number of carbonyl (C=O) groups excluding carboxylic acids is 1. The van der Waals surface area contributed by atoms with E-state index in [0.717, 1.165) is 47.6 Å². The Hall–Kier alpha value is -3.34. The minimum absolute atomic E-state index is 0.0384. The van der Waals surface area contributed by atoms with E-state index < -0.39 is 11.3 Å². The Labute approximate surface area is 229 Å². The second-order valence-corrected chi connectivity index (χ2v) is 12.0. The average molecular weight is 534 g/mol. The maximum Gasteiger partial charge on any atom is 0.268 e. The summed E-state index contributed by atoms with van der Waals surface area (Å²) in [6.45, 7) is 7.70. The third-order valence-corrected chi connectivity index (χ3v) is 8.23. The van der Waals surface area contributed by atoms with E-state index >= 15 is 0 Å². The van der Waals surface area contributed by atoms with E-state index in [1.807, 2.05) is 30.3 Å². The maximum atomic E-state index is 13.6. The number of hydrogen-bond donors (Lipinski definition) is 4. The summed E-state index contributed by atoms with van der Waals surface area (Å²) in [5, 5.41) is 22.6. The highest BCUT2D eigenvalue weighted by atomic mass is 16.5. The lowest BCUT2D eigenvalue weighted by atomic mass is 10.0. The zero-order valence-electron chi connectivity index (χ0n) is 23.4. The number of nitrogens with one attached hydrogen (secondary N) is 2. The summed E-state index contributed by atoms with van der Waals surface area (Å²) < 4.78 is 8.05. The van der Waals surface area contributed by atoms with Crippen LogP contribution < -0.4 is 21.1 Å². The molecule has 5 N–H and O–H groups in total. The van der Waals surface area contributed by atoms with Crippen LogP contribution in [0, 0.1) is 5.92 Å². The first-order chi connectivity index (χ1) is 18.5. The highest BCUT2D eigenvalue weighted by Crippen LogP contribution is 2.47.